The van der Waals surface area contributed by atoms with E-state index in [0.29, 0.717) is 6.54 Å². The van der Waals surface area contributed by atoms with Crippen molar-refractivity contribution >= 4 is 12.3 Å². The molecule has 0 aliphatic rings. The Labute approximate surface area is 142 Å². The number of nitrogens with two attached hydrogens (primary N) is 2. The normalized spacial score (nSPS) is 11.0. The number of nitrogens with one attached hydrogen (secondary N) is 2. The minimum Gasteiger partial charge on any atom is -0.370 e. The standard InChI is InChI=1S/C17H38N6/c1-2-3-4-5-6-7-8-9-10-11-14-23(17(18)19)15-12-13-21-16-22-20/h16H,2-15,20H2,1H3,(H3,18,19)(H,21,22). The average Bonchev–Trinajstić information content (AvgIpc) is 2.54. The highest BCUT2D eigenvalue weighted by Crippen LogP contribution is 2.10. The molecular weight excluding hydrogens is 288 g/mol. The number of rotatable bonds is 16. The molecule has 0 aliphatic carbocycles. The molecule has 0 aromatic rings. The van der Waals surface area contributed by atoms with E-state index in [2.05, 4.69) is 17.3 Å². The minimum absolute atomic E-state index is 0.168. The van der Waals surface area contributed by atoms with E-state index in [1.165, 1.54) is 64.1 Å². The monoisotopic (exact) mass is 326 g/mol. The third-order valence-corrected chi connectivity index (χ3v) is 4.00. The van der Waals surface area contributed by atoms with Crippen molar-refractivity contribution in [1.29, 1.82) is 5.41 Å². The molecule has 0 bridgehead atoms. The Morgan fingerprint density at radius 2 is 1.48 bits per heavy atom. The van der Waals surface area contributed by atoms with Gasteiger partial charge < -0.3 is 16.1 Å². The highest BCUT2D eigenvalue weighted by molar-refractivity contribution is 5.74. The second-order valence-corrected chi connectivity index (χ2v) is 6.11. The molecule has 0 amide bonds. The van der Waals surface area contributed by atoms with Gasteiger partial charge in [0.05, 0.1) is 6.34 Å². The number of hydrogen-bond acceptors (Lipinski definition) is 3. The summed E-state index contributed by atoms with van der Waals surface area (Å²) in [6.07, 6.45) is 15.6. The SMILES string of the molecule is CCCCCCCCCCCCN(CCCN=CNN)C(=N)N. The first-order valence-corrected chi connectivity index (χ1v) is 9.25. The average molecular weight is 327 g/mol. The van der Waals surface area contributed by atoms with Crippen molar-refractivity contribution in [2.24, 2.45) is 16.6 Å². The van der Waals surface area contributed by atoms with Crippen LogP contribution in [0, 0.1) is 5.41 Å². The van der Waals surface area contributed by atoms with Crippen LogP contribution in [0.1, 0.15) is 77.6 Å². The molecule has 0 saturated carbocycles. The summed E-state index contributed by atoms with van der Waals surface area (Å²) in [7, 11) is 0. The van der Waals surface area contributed by atoms with Gasteiger partial charge in [0.15, 0.2) is 5.96 Å². The predicted octanol–water partition coefficient (Wildman–Crippen LogP) is 2.98. The van der Waals surface area contributed by atoms with Gasteiger partial charge >= 0.3 is 0 Å². The van der Waals surface area contributed by atoms with Crippen molar-refractivity contribution < 1.29 is 0 Å². The fourth-order valence-electron chi connectivity index (χ4n) is 2.61. The molecule has 0 aromatic heterocycles. The second-order valence-electron chi connectivity index (χ2n) is 6.11. The lowest BCUT2D eigenvalue weighted by molar-refractivity contribution is 0.388. The van der Waals surface area contributed by atoms with Gasteiger partial charge in [0.2, 0.25) is 0 Å². The van der Waals surface area contributed by atoms with E-state index in [9.17, 15) is 0 Å². The molecule has 0 radical (unpaired) electrons. The Morgan fingerprint density at radius 3 is 2.00 bits per heavy atom. The van der Waals surface area contributed by atoms with Crippen molar-refractivity contribution in [3.63, 3.8) is 0 Å². The van der Waals surface area contributed by atoms with Crippen LogP contribution < -0.4 is 17.0 Å². The molecule has 0 aliphatic heterocycles. The smallest absolute Gasteiger partial charge is 0.188 e. The molecule has 0 aromatic carbocycles. The fraction of sp³-hybridized carbons (Fsp3) is 0.882. The Hall–Kier alpha value is -1.30. The number of hydrazine groups is 1. The van der Waals surface area contributed by atoms with Gasteiger partial charge in [-0.2, -0.15) is 0 Å². The van der Waals surface area contributed by atoms with Crippen LogP contribution in [-0.2, 0) is 0 Å². The van der Waals surface area contributed by atoms with Crippen LogP contribution in [0.3, 0.4) is 0 Å². The summed E-state index contributed by atoms with van der Waals surface area (Å²) in [6, 6.07) is 0. The lowest BCUT2D eigenvalue weighted by Gasteiger charge is -2.22. The van der Waals surface area contributed by atoms with Crippen LogP contribution in [-0.4, -0.2) is 36.8 Å². The highest BCUT2D eigenvalue weighted by atomic mass is 15.2. The number of unbranched alkanes of at least 4 members (excludes halogenated alkanes) is 9. The first-order valence-electron chi connectivity index (χ1n) is 9.25. The summed E-state index contributed by atoms with van der Waals surface area (Å²) >= 11 is 0. The summed E-state index contributed by atoms with van der Waals surface area (Å²) in [4.78, 5) is 6.02. The van der Waals surface area contributed by atoms with Crippen LogP contribution in [0.5, 0.6) is 0 Å². The largest absolute Gasteiger partial charge is 0.370 e. The van der Waals surface area contributed by atoms with Crippen molar-refractivity contribution in [2.45, 2.75) is 77.6 Å². The molecule has 0 spiro atoms. The summed E-state index contributed by atoms with van der Waals surface area (Å²) in [6.45, 7) is 4.63. The first-order chi connectivity index (χ1) is 11.2. The fourth-order valence-corrected chi connectivity index (χ4v) is 2.61. The van der Waals surface area contributed by atoms with Gasteiger partial charge in [-0.25, -0.2) is 5.84 Å². The van der Waals surface area contributed by atoms with Gasteiger partial charge in [-0.1, -0.05) is 64.7 Å². The summed E-state index contributed by atoms with van der Waals surface area (Å²) in [5.74, 6) is 5.27. The Morgan fingerprint density at radius 1 is 0.957 bits per heavy atom. The van der Waals surface area contributed by atoms with E-state index in [4.69, 9.17) is 17.0 Å². The van der Waals surface area contributed by atoms with E-state index in [-0.39, 0.29) is 5.96 Å². The summed E-state index contributed by atoms with van der Waals surface area (Å²) in [5.41, 5.74) is 8.02. The predicted molar refractivity (Wildman–Crippen MR) is 101 cm³/mol. The number of guanidine groups is 1. The van der Waals surface area contributed by atoms with Crippen LogP contribution in [0.15, 0.2) is 4.99 Å². The highest BCUT2D eigenvalue weighted by Gasteiger charge is 2.05. The van der Waals surface area contributed by atoms with Crippen LogP contribution in [0.2, 0.25) is 0 Å². The third kappa shape index (κ3) is 15.4. The number of aliphatic imine (C=N–C) groups is 1. The van der Waals surface area contributed by atoms with Crippen molar-refractivity contribution in [3.8, 4) is 0 Å². The zero-order chi connectivity index (χ0) is 17.2. The van der Waals surface area contributed by atoms with Crippen LogP contribution in [0.25, 0.3) is 0 Å². The van der Waals surface area contributed by atoms with E-state index in [1.807, 2.05) is 4.90 Å². The molecule has 0 unspecified atom stereocenters. The van der Waals surface area contributed by atoms with Gasteiger partial charge in [-0.15, -0.1) is 0 Å². The summed E-state index contributed by atoms with van der Waals surface area (Å²) in [5, 5.41) is 7.63. The van der Waals surface area contributed by atoms with Gasteiger partial charge in [0.1, 0.15) is 0 Å². The van der Waals surface area contributed by atoms with Gasteiger partial charge in [-0.05, 0) is 12.8 Å². The molecule has 136 valence electrons. The van der Waals surface area contributed by atoms with E-state index in [1.54, 1.807) is 0 Å². The number of hydrogen-bond donors (Lipinski definition) is 4. The van der Waals surface area contributed by atoms with Gasteiger partial charge in [0.25, 0.3) is 0 Å². The maximum atomic E-state index is 7.63. The third-order valence-electron chi connectivity index (χ3n) is 4.00. The quantitative estimate of drug-likeness (QED) is 0.115. The Balaban J connectivity index is 3.50. The van der Waals surface area contributed by atoms with Gasteiger partial charge in [0, 0.05) is 19.6 Å². The lowest BCUT2D eigenvalue weighted by Crippen LogP contribution is -2.38. The molecule has 0 atom stereocenters. The summed E-state index contributed by atoms with van der Waals surface area (Å²) < 4.78 is 0. The molecule has 6 heteroatoms. The molecule has 6 nitrogen and oxygen atoms in total. The maximum absolute atomic E-state index is 7.63. The minimum atomic E-state index is 0.168. The topological polar surface area (TPSA) is 104 Å². The molecule has 0 rings (SSSR count). The lowest BCUT2D eigenvalue weighted by atomic mass is 10.1. The van der Waals surface area contributed by atoms with E-state index in [0.717, 1.165) is 25.9 Å². The van der Waals surface area contributed by atoms with Crippen molar-refractivity contribution in [2.75, 3.05) is 19.6 Å². The van der Waals surface area contributed by atoms with Crippen molar-refractivity contribution in [3.05, 3.63) is 0 Å². The van der Waals surface area contributed by atoms with Crippen LogP contribution in [0.4, 0.5) is 0 Å². The van der Waals surface area contributed by atoms with Crippen molar-refractivity contribution in [1.82, 2.24) is 10.3 Å². The second kappa shape index (κ2) is 17.1. The molecule has 6 N–H and O–H groups in total. The Bertz CT molecular complexity index is 293. The molecule has 0 heterocycles. The molecule has 0 saturated heterocycles. The first kappa shape index (κ1) is 21.7. The number of nitrogens with zero attached hydrogens (tertiary/aromatic N) is 2. The van der Waals surface area contributed by atoms with E-state index >= 15 is 0 Å². The zero-order valence-electron chi connectivity index (χ0n) is 15.0. The van der Waals surface area contributed by atoms with E-state index < -0.39 is 0 Å². The molecule has 23 heavy (non-hydrogen) atoms. The van der Waals surface area contributed by atoms with Crippen LogP contribution >= 0.6 is 0 Å². The Kier molecular flexibility index (Phi) is 16.1. The maximum Gasteiger partial charge on any atom is 0.188 e. The van der Waals surface area contributed by atoms with Gasteiger partial charge in [-0.3, -0.25) is 10.4 Å². The zero-order valence-corrected chi connectivity index (χ0v) is 15.0. The molecule has 0 fully saturated rings. The molecular formula is C17H38N6.